The van der Waals surface area contributed by atoms with E-state index in [-0.39, 0.29) is 17.7 Å². The molecule has 0 spiro atoms. The third kappa shape index (κ3) is 4.67. The Balaban J connectivity index is 1.40. The van der Waals surface area contributed by atoms with Crippen molar-refractivity contribution in [2.24, 2.45) is 5.92 Å². The average Bonchev–Trinajstić information content (AvgIpc) is 3.16. The molecule has 1 aliphatic rings. The van der Waals surface area contributed by atoms with Gasteiger partial charge in [0.05, 0.1) is 11.8 Å². The largest absolute Gasteiger partial charge is 0.345 e. The highest BCUT2D eigenvalue weighted by Crippen LogP contribution is 2.31. The third-order valence-corrected chi connectivity index (χ3v) is 6.08. The van der Waals surface area contributed by atoms with E-state index in [0.29, 0.717) is 16.9 Å². The number of aromatic nitrogens is 5. The van der Waals surface area contributed by atoms with Crippen LogP contribution < -0.4 is 5.32 Å². The summed E-state index contributed by atoms with van der Waals surface area (Å²) >= 11 is 1.38. The van der Waals surface area contributed by atoms with Gasteiger partial charge in [-0.2, -0.15) is 0 Å². The SMILES string of the molecule is O=C(CSc1nnc2ccccn12)NC(CC1CCCCC1)c1ncccn1. The van der Waals surface area contributed by atoms with Crippen LogP contribution in [0.3, 0.4) is 0 Å². The van der Waals surface area contributed by atoms with Gasteiger partial charge in [0, 0.05) is 18.6 Å². The molecule has 1 saturated carbocycles. The zero-order valence-electron chi connectivity index (χ0n) is 15.7. The Morgan fingerprint density at radius 1 is 1.14 bits per heavy atom. The normalized spacial score (nSPS) is 16.1. The predicted octanol–water partition coefficient (Wildman–Crippen LogP) is 3.44. The molecule has 28 heavy (non-hydrogen) atoms. The summed E-state index contributed by atoms with van der Waals surface area (Å²) in [7, 11) is 0. The van der Waals surface area contributed by atoms with E-state index in [2.05, 4.69) is 25.5 Å². The first-order valence-corrected chi connectivity index (χ1v) is 10.8. The standard InChI is InChI=1S/C20H24N6OS/c27-18(14-28-20-25-24-17-9-4-5-12-26(17)20)23-16(19-21-10-6-11-22-19)13-15-7-2-1-3-8-15/h4-6,9-12,15-16H,1-3,7-8,13-14H2,(H,23,27). The lowest BCUT2D eigenvalue weighted by molar-refractivity contribution is -0.119. The lowest BCUT2D eigenvalue weighted by Gasteiger charge is -2.26. The summed E-state index contributed by atoms with van der Waals surface area (Å²) in [5, 5.41) is 12.2. The molecule has 4 rings (SSSR count). The maximum Gasteiger partial charge on any atom is 0.231 e. The van der Waals surface area contributed by atoms with Crippen LogP contribution in [0, 0.1) is 5.92 Å². The molecule has 0 bridgehead atoms. The number of hydrogen-bond acceptors (Lipinski definition) is 6. The minimum absolute atomic E-state index is 0.0362. The van der Waals surface area contributed by atoms with E-state index in [1.165, 1.54) is 43.9 Å². The number of carbonyl (C=O) groups excluding carboxylic acids is 1. The first-order valence-electron chi connectivity index (χ1n) is 9.78. The Morgan fingerprint density at radius 2 is 1.96 bits per heavy atom. The van der Waals surface area contributed by atoms with Gasteiger partial charge in [-0.25, -0.2) is 9.97 Å². The molecule has 1 fully saturated rings. The Morgan fingerprint density at radius 3 is 2.79 bits per heavy atom. The van der Waals surface area contributed by atoms with Crippen LogP contribution >= 0.6 is 11.8 Å². The van der Waals surface area contributed by atoms with Crippen molar-refractivity contribution in [1.29, 1.82) is 0 Å². The molecule has 3 aromatic rings. The summed E-state index contributed by atoms with van der Waals surface area (Å²) in [5.74, 6) is 1.56. The summed E-state index contributed by atoms with van der Waals surface area (Å²) in [6.45, 7) is 0. The Labute approximate surface area is 168 Å². The number of thioether (sulfide) groups is 1. The molecule has 146 valence electrons. The van der Waals surface area contributed by atoms with Crippen molar-refractivity contribution < 1.29 is 4.79 Å². The Bertz CT molecular complexity index is 909. The summed E-state index contributed by atoms with van der Waals surface area (Å²) < 4.78 is 1.89. The van der Waals surface area contributed by atoms with Crippen LogP contribution in [0.2, 0.25) is 0 Å². The second kappa shape index (κ2) is 9.14. The Kier molecular flexibility index (Phi) is 6.16. The van der Waals surface area contributed by atoms with Crippen LogP contribution in [0.1, 0.15) is 50.4 Å². The van der Waals surface area contributed by atoms with Gasteiger partial charge in [0.2, 0.25) is 5.91 Å². The van der Waals surface area contributed by atoms with Gasteiger partial charge < -0.3 is 5.32 Å². The number of pyridine rings is 1. The smallest absolute Gasteiger partial charge is 0.231 e. The van der Waals surface area contributed by atoms with Crippen LogP contribution in [0.25, 0.3) is 5.65 Å². The zero-order chi connectivity index (χ0) is 19.2. The lowest BCUT2D eigenvalue weighted by atomic mass is 9.84. The van der Waals surface area contributed by atoms with E-state index in [4.69, 9.17) is 0 Å². The van der Waals surface area contributed by atoms with E-state index < -0.39 is 0 Å². The number of rotatable bonds is 7. The van der Waals surface area contributed by atoms with E-state index >= 15 is 0 Å². The molecule has 3 heterocycles. The number of carbonyl (C=O) groups is 1. The summed E-state index contributed by atoms with van der Waals surface area (Å²) in [6.07, 6.45) is 12.6. The molecule has 1 atom stereocenters. The molecule has 0 aliphatic heterocycles. The fourth-order valence-corrected chi connectivity index (χ4v) is 4.50. The minimum Gasteiger partial charge on any atom is -0.345 e. The van der Waals surface area contributed by atoms with Crippen LogP contribution in [0.15, 0.2) is 48.0 Å². The predicted molar refractivity (Wildman–Crippen MR) is 108 cm³/mol. The van der Waals surface area contributed by atoms with Gasteiger partial charge in [-0.1, -0.05) is 49.9 Å². The fraction of sp³-hybridized carbons (Fsp3) is 0.450. The van der Waals surface area contributed by atoms with Crippen LogP contribution in [-0.2, 0) is 4.79 Å². The Hall–Kier alpha value is -2.48. The van der Waals surface area contributed by atoms with Crippen LogP contribution in [0.4, 0.5) is 0 Å². The van der Waals surface area contributed by atoms with E-state index in [1.54, 1.807) is 18.5 Å². The second-order valence-corrected chi connectivity index (χ2v) is 8.11. The highest BCUT2D eigenvalue weighted by molar-refractivity contribution is 7.99. The van der Waals surface area contributed by atoms with Crippen LogP contribution in [-0.4, -0.2) is 36.2 Å². The molecule has 3 aromatic heterocycles. The molecule has 8 heteroatoms. The van der Waals surface area contributed by atoms with Gasteiger partial charge in [-0.15, -0.1) is 10.2 Å². The molecule has 0 radical (unpaired) electrons. The summed E-state index contributed by atoms with van der Waals surface area (Å²) in [6, 6.07) is 7.39. The molecular formula is C20H24N6OS. The molecule has 1 unspecified atom stereocenters. The number of hydrogen-bond donors (Lipinski definition) is 1. The number of amides is 1. The first kappa shape index (κ1) is 18.9. The van der Waals surface area contributed by atoms with Crippen molar-refractivity contribution >= 4 is 23.3 Å². The van der Waals surface area contributed by atoms with Gasteiger partial charge in [0.25, 0.3) is 0 Å². The molecule has 1 aliphatic carbocycles. The van der Waals surface area contributed by atoms with Gasteiger partial charge >= 0.3 is 0 Å². The number of nitrogens with one attached hydrogen (secondary N) is 1. The van der Waals surface area contributed by atoms with Crippen molar-refractivity contribution in [3.05, 3.63) is 48.7 Å². The van der Waals surface area contributed by atoms with Crippen molar-refractivity contribution in [1.82, 2.24) is 29.9 Å². The monoisotopic (exact) mass is 396 g/mol. The molecule has 1 N–H and O–H groups in total. The van der Waals surface area contributed by atoms with Gasteiger partial charge in [0.1, 0.15) is 5.82 Å². The number of fused-ring (bicyclic) bond motifs is 1. The average molecular weight is 397 g/mol. The summed E-state index contributed by atoms with van der Waals surface area (Å²) in [5.41, 5.74) is 0.776. The van der Waals surface area contributed by atoms with Gasteiger partial charge in [-0.05, 0) is 30.5 Å². The molecule has 1 amide bonds. The maximum absolute atomic E-state index is 12.7. The molecule has 0 aromatic carbocycles. The topological polar surface area (TPSA) is 85.1 Å². The molecular weight excluding hydrogens is 372 g/mol. The number of nitrogens with zero attached hydrogens (tertiary/aromatic N) is 5. The molecule has 0 saturated heterocycles. The highest BCUT2D eigenvalue weighted by Gasteiger charge is 2.23. The van der Waals surface area contributed by atoms with Crippen LogP contribution in [0.5, 0.6) is 0 Å². The molecule has 7 nitrogen and oxygen atoms in total. The van der Waals surface area contributed by atoms with Crippen molar-refractivity contribution in [3.8, 4) is 0 Å². The maximum atomic E-state index is 12.7. The first-order chi connectivity index (χ1) is 13.8. The quantitative estimate of drug-likeness (QED) is 0.616. The van der Waals surface area contributed by atoms with Gasteiger partial charge in [0.15, 0.2) is 10.8 Å². The summed E-state index contributed by atoms with van der Waals surface area (Å²) in [4.78, 5) is 21.4. The second-order valence-electron chi connectivity index (χ2n) is 7.17. The van der Waals surface area contributed by atoms with E-state index in [1.807, 2.05) is 28.8 Å². The van der Waals surface area contributed by atoms with Crippen molar-refractivity contribution in [2.75, 3.05) is 5.75 Å². The van der Waals surface area contributed by atoms with Crippen molar-refractivity contribution in [3.63, 3.8) is 0 Å². The highest BCUT2D eigenvalue weighted by atomic mass is 32.2. The van der Waals surface area contributed by atoms with E-state index in [9.17, 15) is 4.79 Å². The van der Waals surface area contributed by atoms with Gasteiger partial charge in [-0.3, -0.25) is 9.20 Å². The third-order valence-electron chi connectivity index (χ3n) is 5.14. The van der Waals surface area contributed by atoms with Crippen molar-refractivity contribution in [2.45, 2.75) is 49.7 Å². The lowest BCUT2D eigenvalue weighted by Crippen LogP contribution is -2.32. The zero-order valence-corrected chi connectivity index (χ0v) is 16.5. The fourth-order valence-electron chi connectivity index (χ4n) is 3.76. The minimum atomic E-state index is -0.146. The van der Waals surface area contributed by atoms with E-state index in [0.717, 1.165) is 12.1 Å².